The fourth-order valence-electron chi connectivity index (χ4n) is 3.78. The van der Waals surface area contributed by atoms with Gasteiger partial charge in [0.15, 0.2) is 12.2 Å². The summed E-state index contributed by atoms with van der Waals surface area (Å²) in [4.78, 5) is 37.9. The molecule has 198 valence electrons. The van der Waals surface area contributed by atoms with Crippen molar-refractivity contribution in [3.63, 3.8) is 0 Å². The normalized spacial score (nSPS) is 20.4. The second-order valence-electron chi connectivity index (χ2n) is 8.87. The van der Waals surface area contributed by atoms with E-state index in [9.17, 15) is 19.5 Å². The lowest BCUT2D eigenvalue weighted by Gasteiger charge is -2.24. The van der Waals surface area contributed by atoms with Gasteiger partial charge in [0.05, 0.1) is 16.4 Å². The van der Waals surface area contributed by atoms with Crippen molar-refractivity contribution < 1.29 is 38.4 Å². The first-order chi connectivity index (χ1) is 18.3. The monoisotopic (exact) mass is 536 g/mol. The third-order valence-electron chi connectivity index (χ3n) is 5.91. The molecule has 8 nitrogen and oxygen atoms in total. The molecule has 0 aliphatic carbocycles. The summed E-state index contributed by atoms with van der Waals surface area (Å²) < 4.78 is 21.7. The van der Waals surface area contributed by atoms with Gasteiger partial charge in [-0.1, -0.05) is 65.7 Å². The number of hydrogen-bond donors (Lipinski definition) is 1. The van der Waals surface area contributed by atoms with Crippen molar-refractivity contribution in [1.29, 1.82) is 0 Å². The van der Waals surface area contributed by atoms with E-state index in [1.54, 1.807) is 60.7 Å². The van der Waals surface area contributed by atoms with E-state index < -0.39 is 41.0 Å². The minimum atomic E-state index is -1.24. The van der Waals surface area contributed by atoms with Crippen LogP contribution in [0, 0.1) is 13.8 Å². The quantitative estimate of drug-likeness (QED) is 0.319. The first-order valence-electron chi connectivity index (χ1n) is 12.0. The Labute approximate surface area is 224 Å². The highest BCUT2D eigenvalue weighted by Gasteiger charge is 2.49. The van der Waals surface area contributed by atoms with Crippen molar-refractivity contribution >= 4 is 29.9 Å². The number of aryl methyl sites for hydroxylation is 2. The molecule has 1 unspecified atom stereocenters. The van der Waals surface area contributed by atoms with Crippen LogP contribution in [0.1, 0.15) is 37.4 Å². The van der Waals surface area contributed by atoms with Gasteiger partial charge in [0.2, 0.25) is 0 Å². The molecule has 3 aromatic rings. The lowest BCUT2D eigenvalue weighted by atomic mass is 10.1. The number of carbonyl (C=O) groups excluding carboxylic acids is 3. The molecule has 1 aliphatic heterocycles. The lowest BCUT2D eigenvalue weighted by Crippen LogP contribution is -2.42. The Balaban J connectivity index is 1.45. The molecular formula is C29H28O8S. The molecule has 0 spiro atoms. The average Bonchev–Trinajstić information content (AvgIpc) is 3.20. The van der Waals surface area contributed by atoms with Crippen LogP contribution in [0.4, 0.5) is 4.79 Å². The Morgan fingerprint density at radius 1 is 0.737 bits per heavy atom. The smallest absolute Gasteiger partial charge is 0.461 e. The van der Waals surface area contributed by atoms with Crippen LogP contribution in [0.15, 0.2) is 78.9 Å². The second-order valence-corrected chi connectivity index (χ2v) is 10.2. The number of esters is 2. The van der Waals surface area contributed by atoms with Crippen LogP contribution in [0.3, 0.4) is 0 Å². The van der Waals surface area contributed by atoms with Gasteiger partial charge in [-0.15, -0.1) is 11.8 Å². The summed E-state index contributed by atoms with van der Waals surface area (Å²) >= 11 is 0.986. The molecule has 3 aromatic carbocycles. The first kappa shape index (κ1) is 27.2. The number of thioether (sulfide) groups is 1. The lowest BCUT2D eigenvalue weighted by molar-refractivity contribution is -0.0675. The molecule has 1 aliphatic rings. The average molecular weight is 537 g/mol. The van der Waals surface area contributed by atoms with Crippen LogP contribution in [-0.4, -0.2) is 52.7 Å². The number of rotatable bonds is 8. The molecule has 1 N–H and O–H groups in total. The zero-order chi connectivity index (χ0) is 27.1. The van der Waals surface area contributed by atoms with Crippen molar-refractivity contribution in [2.45, 2.75) is 43.3 Å². The molecule has 0 amide bonds. The fraction of sp³-hybridized carbons (Fsp3) is 0.276. The van der Waals surface area contributed by atoms with Crippen molar-refractivity contribution in [3.8, 4) is 0 Å². The summed E-state index contributed by atoms with van der Waals surface area (Å²) in [5.41, 5.74) is 2.15. The maximum atomic E-state index is 12.9. The zero-order valence-electron chi connectivity index (χ0n) is 20.9. The van der Waals surface area contributed by atoms with E-state index in [-0.39, 0.29) is 13.2 Å². The van der Waals surface area contributed by atoms with E-state index in [1.807, 2.05) is 32.0 Å². The SMILES string of the molecule is Cc1ccc(C(=O)OC[C@@H]2SC(O)[C@H](OC(=O)OCc3ccccc3)[C@H]2OC(=O)c2ccc(C)cc2)cc1. The molecule has 1 fully saturated rings. The van der Waals surface area contributed by atoms with Gasteiger partial charge in [-0.25, -0.2) is 14.4 Å². The Hall–Kier alpha value is -3.82. The Kier molecular flexibility index (Phi) is 9.04. The topological polar surface area (TPSA) is 108 Å². The van der Waals surface area contributed by atoms with Crippen molar-refractivity contribution in [1.82, 2.24) is 0 Å². The molecule has 1 heterocycles. The minimum Gasteiger partial charge on any atom is -0.461 e. The van der Waals surface area contributed by atoms with Gasteiger partial charge in [0, 0.05) is 0 Å². The van der Waals surface area contributed by atoms with Gasteiger partial charge >= 0.3 is 18.1 Å². The van der Waals surface area contributed by atoms with E-state index in [0.717, 1.165) is 28.5 Å². The number of benzene rings is 3. The molecule has 4 rings (SSSR count). The number of aliphatic hydroxyl groups excluding tert-OH is 1. The first-order valence-corrected chi connectivity index (χ1v) is 13.0. The molecule has 0 aromatic heterocycles. The summed E-state index contributed by atoms with van der Waals surface area (Å²) in [5.74, 6) is -1.22. The van der Waals surface area contributed by atoms with Crippen molar-refractivity contribution in [3.05, 3.63) is 107 Å². The summed E-state index contributed by atoms with van der Waals surface area (Å²) in [7, 11) is 0. The second kappa shape index (κ2) is 12.6. The van der Waals surface area contributed by atoms with Gasteiger partial charge in [0.25, 0.3) is 0 Å². The zero-order valence-corrected chi connectivity index (χ0v) is 21.8. The highest BCUT2D eigenvalue weighted by Crippen LogP contribution is 2.38. The van der Waals surface area contributed by atoms with Gasteiger partial charge < -0.3 is 24.1 Å². The number of aliphatic hydroxyl groups is 1. The van der Waals surface area contributed by atoms with Gasteiger partial charge in [-0.2, -0.15) is 0 Å². The highest BCUT2D eigenvalue weighted by atomic mass is 32.2. The number of hydrogen-bond acceptors (Lipinski definition) is 9. The largest absolute Gasteiger partial charge is 0.509 e. The molecule has 38 heavy (non-hydrogen) atoms. The third kappa shape index (κ3) is 7.14. The maximum absolute atomic E-state index is 12.9. The Morgan fingerprint density at radius 3 is 1.92 bits per heavy atom. The highest BCUT2D eigenvalue weighted by molar-refractivity contribution is 8.00. The van der Waals surface area contributed by atoms with Crippen LogP contribution >= 0.6 is 11.8 Å². The van der Waals surface area contributed by atoms with E-state index in [4.69, 9.17) is 18.9 Å². The predicted molar refractivity (Wildman–Crippen MR) is 141 cm³/mol. The van der Waals surface area contributed by atoms with E-state index in [2.05, 4.69) is 0 Å². The molecule has 4 atom stereocenters. The molecule has 9 heteroatoms. The van der Waals surface area contributed by atoms with Crippen LogP contribution < -0.4 is 0 Å². The molecular weight excluding hydrogens is 508 g/mol. The summed E-state index contributed by atoms with van der Waals surface area (Å²) in [5, 5.41) is 10.0. The number of ether oxygens (including phenoxy) is 4. The molecule has 0 saturated carbocycles. The van der Waals surface area contributed by atoms with Crippen LogP contribution in [-0.2, 0) is 25.6 Å². The summed E-state index contributed by atoms with van der Waals surface area (Å²) in [6, 6.07) is 22.7. The maximum Gasteiger partial charge on any atom is 0.509 e. The fourth-order valence-corrected chi connectivity index (χ4v) is 5.02. The van der Waals surface area contributed by atoms with Crippen LogP contribution in [0.25, 0.3) is 0 Å². The molecule has 0 bridgehead atoms. The van der Waals surface area contributed by atoms with Gasteiger partial charge in [-0.3, -0.25) is 0 Å². The van der Waals surface area contributed by atoms with Crippen molar-refractivity contribution in [2.24, 2.45) is 0 Å². The Bertz CT molecular complexity index is 1240. The summed E-state index contributed by atoms with van der Waals surface area (Å²) in [6.07, 6.45) is -3.35. The molecule has 0 radical (unpaired) electrons. The van der Waals surface area contributed by atoms with Gasteiger partial charge in [-0.05, 0) is 43.7 Å². The van der Waals surface area contributed by atoms with Gasteiger partial charge in [0.1, 0.15) is 18.6 Å². The van der Waals surface area contributed by atoms with E-state index in [0.29, 0.717) is 11.1 Å². The van der Waals surface area contributed by atoms with E-state index >= 15 is 0 Å². The van der Waals surface area contributed by atoms with Crippen molar-refractivity contribution in [2.75, 3.05) is 6.61 Å². The number of carbonyl (C=O) groups is 3. The predicted octanol–water partition coefficient (Wildman–Crippen LogP) is 4.84. The summed E-state index contributed by atoms with van der Waals surface area (Å²) in [6.45, 7) is 3.59. The van der Waals surface area contributed by atoms with Crippen LogP contribution in [0.5, 0.6) is 0 Å². The van der Waals surface area contributed by atoms with Crippen LogP contribution in [0.2, 0.25) is 0 Å². The Morgan fingerprint density at radius 2 is 1.32 bits per heavy atom. The molecule has 1 saturated heterocycles. The minimum absolute atomic E-state index is 0.0267. The third-order valence-corrected chi connectivity index (χ3v) is 7.21. The standard InChI is InChI=1S/C29H28O8S/c1-18-8-12-21(13-9-18)26(30)34-17-23-24(36-27(31)22-14-10-19(2)11-15-22)25(28(32)38-23)37-29(33)35-16-20-6-4-3-5-7-20/h3-15,23-25,28,32H,16-17H2,1-2H3/t23-,24-,25+,28?/m0/s1. The van der Waals surface area contributed by atoms with E-state index in [1.165, 1.54) is 0 Å².